The van der Waals surface area contributed by atoms with E-state index in [4.69, 9.17) is 20.2 Å². The number of fused-ring (bicyclic) bond motifs is 1. The number of nitro benzene ring substituents is 1. The Hall–Kier alpha value is -2.91. The lowest BCUT2D eigenvalue weighted by atomic mass is 9.63. The van der Waals surface area contributed by atoms with E-state index in [1.165, 1.54) is 12.1 Å². The average molecular weight is 444 g/mol. The molecule has 2 N–H and O–H groups in total. The van der Waals surface area contributed by atoms with E-state index >= 15 is 0 Å². The number of ketones is 1. The number of hydrogen-bond acceptors (Lipinski definition) is 8. The molecule has 1 saturated carbocycles. The number of nitrogens with zero attached hydrogens (tertiary/aromatic N) is 2. The Morgan fingerprint density at radius 2 is 2.06 bits per heavy atom. The number of esters is 1. The first-order valence-electron chi connectivity index (χ1n) is 10.7. The molecule has 0 aromatic heterocycles. The van der Waals surface area contributed by atoms with Crippen LogP contribution in [0.4, 0.5) is 5.69 Å². The molecule has 1 heterocycles. The van der Waals surface area contributed by atoms with Crippen LogP contribution in [0.15, 0.2) is 40.5 Å². The van der Waals surface area contributed by atoms with E-state index in [2.05, 4.69) is 0 Å². The second-order valence-electron chi connectivity index (χ2n) is 8.82. The van der Waals surface area contributed by atoms with Gasteiger partial charge in [0, 0.05) is 36.7 Å². The van der Waals surface area contributed by atoms with Crippen molar-refractivity contribution in [2.75, 3.05) is 26.4 Å². The first kappa shape index (κ1) is 23.7. The van der Waals surface area contributed by atoms with Crippen molar-refractivity contribution in [3.63, 3.8) is 0 Å². The van der Waals surface area contributed by atoms with Gasteiger partial charge in [0.1, 0.15) is 5.78 Å². The van der Waals surface area contributed by atoms with E-state index in [1.54, 1.807) is 19.1 Å². The number of ether oxygens (including phenoxy) is 2. The molecule has 1 aliphatic carbocycles. The van der Waals surface area contributed by atoms with Crippen molar-refractivity contribution in [2.45, 2.75) is 39.5 Å². The number of carbonyl (C=O) groups excluding carboxylic acids is 2. The second kappa shape index (κ2) is 9.70. The zero-order chi connectivity index (χ0) is 23.5. The van der Waals surface area contributed by atoms with Crippen LogP contribution in [0, 0.1) is 21.4 Å². The van der Waals surface area contributed by atoms with Crippen LogP contribution in [0.2, 0.25) is 0 Å². The molecule has 1 aliphatic heterocycles. The van der Waals surface area contributed by atoms with Gasteiger partial charge >= 0.3 is 5.97 Å². The Morgan fingerprint density at radius 1 is 1.31 bits per heavy atom. The van der Waals surface area contributed by atoms with E-state index in [9.17, 15) is 19.7 Å². The summed E-state index contributed by atoms with van der Waals surface area (Å²) in [5.41, 5.74) is 6.91. The molecule has 1 aromatic carbocycles. The summed E-state index contributed by atoms with van der Waals surface area (Å²) in [6, 6.07) is 6.05. The molecule has 0 saturated heterocycles. The van der Waals surface area contributed by atoms with Crippen molar-refractivity contribution in [3.8, 4) is 0 Å². The van der Waals surface area contributed by atoms with Gasteiger partial charge in [0.05, 0.1) is 41.9 Å². The van der Waals surface area contributed by atoms with E-state index in [0.717, 1.165) is 0 Å². The second-order valence-corrected chi connectivity index (χ2v) is 8.82. The lowest BCUT2D eigenvalue weighted by Gasteiger charge is -2.41. The minimum atomic E-state index is -0.735. The lowest BCUT2D eigenvalue weighted by Crippen LogP contribution is -2.44. The Balaban J connectivity index is 2.21. The molecule has 1 fully saturated rings. The smallest absolute Gasteiger partial charge is 0.336 e. The largest absolute Gasteiger partial charge is 0.463 e. The van der Waals surface area contributed by atoms with Crippen LogP contribution in [-0.2, 0) is 19.1 Å². The monoisotopic (exact) mass is 443 g/mol. The third-order valence-electron chi connectivity index (χ3n) is 5.69. The molecule has 172 valence electrons. The summed E-state index contributed by atoms with van der Waals surface area (Å²) in [6.07, 6.45) is 0.905. The molecule has 2 unspecified atom stereocenters. The Kier molecular flexibility index (Phi) is 7.20. The zero-order valence-corrected chi connectivity index (χ0v) is 18.6. The van der Waals surface area contributed by atoms with Crippen LogP contribution in [0.5, 0.6) is 0 Å². The molecule has 9 nitrogen and oxygen atoms in total. The number of aliphatic imine (C=N–C) groups is 1. The van der Waals surface area contributed by atoms with E-state index in [-0.39, 0.29) is 42.3 Å². The standard InChI is InChI=1S/C23H29N3O6/c1-4-32-22(28)21-17(13-31-9-8-24)25-16-11-23(2,3)12-18(27)20(16)19(21)14-6-5-7-15(10-14)26(29)30/h5-7,10,19-20H,4,8-9,11-13,24H2,1-3H3. The Labute approximate surface area is 186 Å². The van der Waals surface area contributed by atoms with Crippen LogP contribution in [0.1, 0.15) is 45.1 Å². The highest BCUT2D eigenvalue weighted by Gasteiger charge is 2.48. The first-order valence-corrected chi connectivity index (χ1v) is 10.7. The van der Waals surface area contributed by atoms with Crippen LogP contribution in [-0.4, -0.2) is 48.8 Å². The minimum absolute atomic E-state index is 0.0294. The Bertz CT molecular complexity index is 982. The van der Waals surface area contributed by atoms with Gasteiger partial charge in [-0.1, -0.05) is 26.0 Å². The van der Waals surface area contributed by atoms with Gasteiger partial charge in [-0.05, 0) is 24.3 Å². The summed E-state index contributed by atoms with van der Waals surface area (Å²) in [5.74, 6) is -2.06. The van der Waals surface area contributed by atoms with Crippen LogP contribution < -0.4 is 5.73 Å². The van der Waals surface area contributed by atoms with Crippen LogP contribution in [0.25, 0.3) is 0 Å². The molecular weight excluding hydrogens is 414 g/mol. The minimum Gasteiger partial charge on any atom is -0.463 e. The van der Waals surface area contributed by atoms with Gasteiger partial charge in [-0.3, -0.25) is 19.9 Å². The maximum absolute atomic E-state index is 13.3. The van der Waals surface area contributed by atoms with Crippen LogP contribution in [0.3, 0.4) is 0 Å². The van der Waals surface area contributed by atoms with Crippen molar-refractivity contribution < 1.29 is 24.0 Å². The molecule has 0 amide bonds. The summed E-state index contributed by atoms with van der Waals surface area (Å²) in [5, 5.41) is 11.4. The van der Waals surface area contributed by atoms with E-state index in [1.807, 2.05) is 13.8 Å². The molecule has 0 bridgehead atoms. The summed E-state index contributed by atoms with van der Waals surface area (Å²) in [7, 11) is 0. The fourth-order valence-corrected chi connectivity index (χ4v) is 4.50. The zero-order valence-electron chi connectivity index (χ0n) is 18.6. The topological polar surface area (TPSA) is 134 Å². The number of nitrogens with two attached hydrogens (primary N) is 1. The molecule has 1 aromatic rings. The fraction of sp³-hybridized carbons (Fsp3) is 0.522. The van der Waals surface area contributed by atoms with Crippen molar-refractivity contribution in [1.29, 1.82) is 0 Å². The first-order chi connectivity index (χ1) is 15.2. The summed E-state index contributed by atoms with van der Waals surface area (Å²) in [4.78, 5) is 42.0. The maximum Gasteiger partial charge on any atom is 0.336 e. The fourth-order valence-electron chi connectivity index (χ4n) is 4.50. The quantitative estimate of drug-likeness (QED) is 0.282. The molecule has 32 heavy (non-hydrogen) atoms. The van der Waals surface area contributed by atoms with Gasteiger partial charge in [0.15, 0.2) is 0 Å². The van der Waals surface area contributed by atoms with E-state index < -0.39 is 22.7 Å². The number of benzene rings is 1. The predicted molar refractivity (Wildman–Crippen MR) is 118 cm³/mol. The number of hydrogen-bond donors (Lipinski definition) is 1. The number of carbonyl (C=O) groups is 2. The van der Waals surface area contributed by atoms with Crippen molar-refractivity contribution in [3.05, 3.63) is 51.2 Å². The third-order valence-corrected chi connectivity index (χ3v) is 5.69. The number of nitro groups is 1. The number of rotatable bonds is 8. The normalized spacial score (nSPS) is 22.2. The highest BCUT2D eigenvalue weighted by molar-refractivity contribution is 6.12. The summed E-state index contributed by atoms with van der Waals surface area (Å²) >= 11 is 0. The highest BCUT2D eigenvalue weighted by Crippen LogP contribution is 2.47. The third kappa shape index (κ3) is 4.94. The van der Waals surface area contributed by atoms with E-state index in [0.29, 0.717) is 36.4 Å². The molecule has 9 heteroatoms. The van der Waals surface area contributed by atoms with Gasteiger partial charge < -0.3 is 15.2 Å². The predicted octanol–water partition coefficient (Wildman–Crippen LogP) is 2.93. The average Bonchev–Trinajstić information content (AvgIpc) is 2.72. The van der Waals surface area contributed by atoms with Gasteiger partial charge in [0.25, 0.3) is 5.69 Å². The van der Waals surface area contributed by atoms with Gasteiger partial charge in [0.2, 0.25) is 0 Å². The highest BCUT2D eigenvalue weighted by atomic mass is 16.6. The van der Waals surface area contributed by atoms with Gasteiger partial charge in [-0.2, -0.15) is 0 Å². The molecule has 0 radical (unpaired) electrons. The van der Waals surface area contributed by atoms with Crippen molar-refractivity contribution in [2.24, 2.45) is 22.1 Å². The molecule has 3 rings (SSSR count). The van der Waals surface area contributed by atoms with Crippen LogP contribution >= 0.6 is 0 Å². The maximum atomic E-state index is 13.3. The van der Waals surface area contributed by atoms with Crippen molar-refractivity contribution in [1.82, 2.24) is 0 Å². The summed E-state index contributed by atoms with van der Waals surface area (Å²) in [6.45, 7) is 6.45. The molecule has 2 aliphatic rings. The lowest BCUT2D eigenvalue weighted by molar-refractivity contribution is -0.384. The number of Topliss-reactive ketones (excluding diaryl/α,β-unsaturated/α-hetero) is 1. The Morgan fingerprint density at radius 3 is 2.72 bits per heavy atom. The SMILES string of the molecule is CCOC(=O)C1=C(COCCN)N=C2CC(C)(C)CC(=O)C2C1c1cccc([N+](=O)[O-])c1. The molecule has 2 atom stereocenters. The number of non-ortho nitro benzene ring substituents is 1. The van der Waals surface area contributed by atoms with Gasteiger partial charge in [-0.15, -0.1) is 0 Å². The van der Waals surface area contributed by atoms with Gasteiger partial charge in [-0.25, -0.2) is 4.79 Å². The van der Waals surface area contributed by atoms with Crippen molar-refractivity contribution >= 4 is 23.2 Å². The summed E-state index contributed by atoms with van der Waals surface area (Å²) < 4.78 is 10.9. The molecular formula is C23H29N3O6. The molecule has 0 spiro atoms.